The van der Waals surface area contributed by atoms with Crippen LogP contribution in [0.15, 0.2) is 78.9 Å². The first-order valence-electron chi connectivity index (χ1n) is 7.69. The summed E-state index contributed by atoms with van der Waals surface area (Å²) in [5, 5.41) is 15.1. The maximum Gasteiger partial charge on any atom is 0.337 e. The molecular weight excluding hydrogens is 316 g/mol. The second-order valence-corrected chi connectivity index (χ2v) is 5.38. The van der Waals surface area contributed by atoms with E-state index in [0.29, 0.717) is 5.56 Å². The molecule has 0 radical (unpaired) electrons. The zero-order chi connectivity index (χ0) is 17.6. The van der Waals surface area contributed by atoms with Gasteiger partial charge in [-0.3, -0.25) is 4.79 Å². The minimum Gasteiger partial charge on any atom is -0.478 e. The van der Waals surface area contributed by atoms with E-state index < -0.39 is 5.97 Å². The van der Waals surface area contributed by atoms with Gasteiger partial charge in [0.1, 0.15) is 0 Å². The van der Waals surface area contributed by atoms with Gasteiger partial charge in [-0.25, -0.2) is 4.79 Å². The first-order chi connectivity index (χ1) is 12.1. The Hall–Kier alpha value is -3.60. The van der Waals surface area contributed by atoms with Crippen LogP contribution in [0.4, 0.5) is 17.1 Å². The summed E-state index contributed by atoms with van der Waals surface area (Å²) in [6.07, 6.45) is 0. The monoisotopic (exact) mass is 332 g/mol. The molecule has 124 valence electrons. The number of hydrogen-bond donors (Lipinski definition) is 3. The van der Waals surface area contributed by atoms with Gasteiger partial charge >= 0.3 is 5.97 Å². The summed E-state index contributed by atoms with van der Waals surface area (Å²) in [6, 6.07) is 22.9. The fraction of sp³-hybridized carbons (Fsp3) is 0. The third-order valence-electron chi connectivity index (χ3n) is 3.59. The number of carboxylic acid groups (broad SMARTS) is 1. The molecule has 5 nitrogen and oxygen atoms in total. The topological polar surface area (TPSA) is 78.4 Å². The lowest BCUT2D eigenvalue weighted by Crippen LogP contribution is -2.14. The Balaban J connectivity index is 1.79. The summed E-state index contributed by atoms with van der Waals surface area (Å²) < 4.78 is 0. The number of amides is 1. The molecule has 3 aromatic rings. The van der Waals surface area contributed by atoms with Gasteiger partial charge in [0.15, 0.2) is 0 Å². The average Bonchev–Trinajstić information content (AvgIpc) is 2.63. The lowest BCUT2D eigenvalue weighted by Gasteiger charge is -2.10. The van der Waals surface area contributed by atoms with Crippen LogP contribution in [0, 0.1) is 0 Å². The zero-order valence-corrected chi connectivity index (χ0v) is 13.3. The van der Waals surface area contributed by atoms with Gasteiger partial charge in [0.05, 0.1) is 11.3 Å². The van der Waals surface area contributed by atoms with Crippen LogP contribution in [-0.2, 0) is 0 Å². The van der Waals surface area contributed by atoms with Crippen LogP contribution in [0.1, 0.15) is 20.7 Å². The minimum atomic E-state index is -1.09. The molecule has 0 saturated carbocycles. The van der Waals surface area contributed by atoms with Crippen molar-refractivity contribution in [3.05, 3.63) is 90.0 Å². The molecule has 3 aromatic carbocycles. The number of carbonyl (C=O) groups is 2. The lowest BCUT2D eigenvalue weighted by molar-refractivity contribution is 0.0698. The van der Waals surface area contributed by atoms with E-state index in [9.17, 15) is 14.7 Å². The third kappa shape index (κ3) is 4.03. The van der Waals surface area contributed by atoms with Crippen LogP contribution in [-0.4, -0.2) is 17.0 Å². The van der Waals surface area contributed by atoms with Crippen molar-refractivity contribution < 1.29 is 14.7 Å². The molecule has 1 amide bonds. The van der Waals surface area contributed by atoms with Crippen LogP contribution in [0.2, 0.25) is 0 Å². The maximum atomic E-state index is 12.5. The standard InChI is InChI=1S/C20H16N2O3/c23-19(22-18-12-5-4-11-17(18)20(24)25)14-7-6-10-16(13-14)21-15-8-2-1-3-9-15/h1-13,21H,(H,22,23)(H,24,25). The third-order valence-corrected chi connectivity index (χ3v) is 3.59. The number of benzene rings is 3. The van der Waals surface area contributed by atoms with E-state index in [1.807, 2.05) is 36.4 Å². The summed E-state index contributed by atoms with van der Waals surface area (Å²) in [6.45, 7) is 0. The summed E-state index contributed by atoms with van der Waals surface area (Å²) in [4.78, 5) is 23.7. The van der Waals surface area contributed by atoms with E-state index in [-0.39, 0.29) is 17.2 Å². The van der Waals surface area contributed by atoms with E-state index in [1.54, 1.807) is 36.4 Å². The summed E-state index contributed by atoms with van der Waals surface area (Å²) >= 11 is 0. The summed E-state index contributed by atoms with van der Waals surface area (Å²) in [7, 11) is 0. The highest BCUT2D eigenvalue weighted by Crippen LogP contribution is 2.20. The van der Waals surface area contributed by atoms with Gasteiger partial charge in [0, 0.05) is 16.9 Å². The van der Waals surface area contributed by atoms with Crippen molar-refractivity contribution in [2.75, 3.05) is 10.6 Å². The number of aromatic carboxylic acids is 1. The number of carboxylic acids is 1. The highest BCUT2D eigenvalue weighted by atomic mass is 16.4. The normalized spacial score (nSPS) is 10.1. The van der Waals surface area contributed by atoms with Crippen molar-refractivity contribution in [3.8, 4) is 0 Å². The molecule has 25 heavy (non-hydrogen) atoms. The summed E-state index contributed by atoms with van der Waals surface area (Å²) in [5.74, 6) is -1.46. The highest BCUT2D eigenvalue weighted by Gasteiger charge is 2.13. The van der Waals surface area contributed by atoms with Gasteiger partial charge in [0.25, 0.3) is 5.91 Å². The Morgan fingerprint density at radius 2 is 1.44 bits per heavy atom. The molecular formula is C20H16N2O3. The molecule has 0 unspecified atom stereocenters. The average molecular weight is 332 g/mol. The Morgan fingerprint density at radius 3 is 2.20 bits per heavy atom. The van der Waals surface area contributed by atoms with Crippen molar-refractivity contribution in [1.29, 1.82) is 0 Å². The fourth-order valence-electron chi connectivity index (χ4n) is 2.40. The van der Waals surface area contributed by atoms with Gasteiger partial charge in [0.2, 0.25) is 0 Å². The van der Waals surface area contributed by atoms with Crippen LogP contribution < -0.4 is 10.6 Å². The van der Waals surface area contributed by atoms with Gasteiger partial charge in [-0.2, -0.15) is 0 Å². The number of hydrogen-bond acceptors (Lipinski definition) is 3. The predicted octanol–water partition coefficient (Wildman–Crippen LogP) is 4.38. The van der Waals surface area contributed by atoms with Crippen LogP contribution in [0.3, 0.4) is 0 Å². The quantitative estimate of drug-likeness (QED) is 0.648. The number of para-hydroxylation sites is 2. The number of carbonyl (C=O) groups excluding carboxylic acids is 1. The molecule has 0 atom stereocenters. The summed E-state index contributed by atoms with van der Waals surface area (Å²) in [5.41, 5.74) is 2.43. The molecule has 0 fully saturated rings. The van der Waals surface area contributed by atoms with Crippen molar-refractivity contribution in [2.24, 2.45) is 0 Å². The van der Waals surface area contributed by atoms with Crippen molar-refractivity contribution >= 4 is 28.9 Å². The number of rotatable bonds is 5. The Kier molecular flexibility index (Phi) is 4.76. The Labute approximate surface area is 144 Å². The molecule has 0 spiro atoms. The molecule has 0 heterocycles. The SMILES string of the molecule is O=C(Nc1ccccc1C(=O)O)c1cccc(Nc2ccccc2)c1. The Bertz CT molecular complexity index is 908. The fourth-order valence-corrected chi connectivity index (χ4v) is 2.40. The van der Waals surface area contributed by atoms with E-state index in [2.05, 4.69) is 10.6 Å². The van der Waals surface area contributed by atoms with Crippen LogP contribution in [0.25, 0.3) is 0 Å². The van der Waals surface area contributed by atoms with Crippen LogP contribution in [0.5, 0.6) is 0 Å². The van der Waals surface area contributed by atoms with E-state index >= 15 is 0 Å². The first kappa shape index (κ1) is 16.3. The van der Waals surface area contributed by atoms with Gasteiger partial charge in [-0.05, 0) is 42.5 Å². The van der Waals surface area contributed by atoms with E-state index in [1.165, 1.54) is 6.07 Å². The number of nitrogens with one attached hydrogen (secondary N) is 2. The van der Waals surface area contributed by atoms with E-state index in [4.69, 9.17) is 0 Å². The van der Waals surface area contributed by atoms with Gasteiger partial charge in [-0.15, -0.1) is 0 Å². The molecule has 0 aliphatic heterocycles. The van der Waals surface area contributed by atoms with Gasteiger partial charge in [-0.1, -0.05) is 36.4 Å². The highest BCUT2D eigenvalue weighted by molar-refractivity contribution is 6.08. The second-order valence-electron chi connectivity index (χ2n) is 5.38. The van der Waals surface area contributed by atoms with Crippen LogP contribution >= 0.6 is 0 Å². The second kappa shape index (κ2) is 7.31. The number of anilines is 3. The largest absolute Gasteiger partial charge is 0.478 e. The molecule has 0 saturated heterocycles. The minimum absolute atomic E-state index is 0.0504. The van der Waals surface area contributed by atoms with Crippen molar-refractivity contribution in [2.45, 2.75) is 0 Å². The molecule has 3 rings (SSSR count). The lowest BCUT2D eigenvalue weighted by atomic mass is 10.1. The van der Waals surface area contributed by atoms with E-state index in [0.717, 1.165) is 11.4 Å². The van der Waals surface area contributed by atoms with Gasteiger partial charge < -0.3 is 15.7 Å². The van der Waals surface area contributed by atoms with Crippen molar-refractivity contribution in [1.82, 2.24) is 0 Å². The maximum absolute atomic E-state index is 12.5. The van der Waals surface area contributed by atoms with Crippen molar-refractivity contribution in [3.63, 3.8) is 0 Å². The molecule has 0 aliphatic carbocycles. The molecule has 5 heteroatoms. The molecule has 0 aromatic heterocycles. The first-order valence-corrected chi connectivity index (χ1v) is 7.69. The molecule has 3 N–H and O–H groups in total. The smallest absolute Gasteiger partial charge is 0.337 e. The molecule has 0 bridgehead atoms. The predicted molar refractivity (Wildman–Crippen MR) is 97.5 cm³/mol. The Morgan fingerprint density at radius 1 is 0.760 bits per heavy atom. The zero-order valence-electron chi connectivity index (χ0n) is 13.3. The molecule has 0 aliphatic rings.